The molecule has 0 bridgehead atoms. The highest BCUT2D eigenvalue weighted by molar-refractivity contribution is 5.41. The van der Waals surface area contributed by atoms with Crippen molar-refractivity contribution in [2.45, 2.75) is 64.3 Å². The summed E-state index contributed by atoms with van der Waals surface area (Å²) < 4.78 is 1.95. The summed E-state index contributed by atoms with van der Waals surface area (Å²) in [4.78, 5) is 9.20. The van der Waals surface area contributed by atoms with Crippen molar-refractivity contribution in [3.05, 3.63) is 52.3 Å². The molecule has 1 N–H and O–H groups in total. The molecule has 1 aromatic carbocycles. The number of nitrogens with zero attached hydrogens (tertiary/aromatic N) is 4. The van der Waals surface area contributed by atoms with Crippen molar-refractivity contribution in [3.8, 4) is 0 Å². The molecule has 5 rings (SSSR count). The molecule has 2 aromatic heterocycles. The van der Waals surface area contributed by atoms with Crippen LogP contribution in [0.1, 0.15) is 66.1 Å². The molecule has 0 atom stereocenters. The second-order valence-corrected chi connectivity index (χ2v) is 7.76. The van der Waals surface area contributed by atoms with Gasteiger partial charge in [0.05, 0.1) is 5.69 Å². The normalized spacial score (nSPS) is 17.1. The Labute approximate surface area is 153 Å². The zero-order chi connectivity index (χ0) is 17.5. The van der Waals surface area contributed by atoms with Crippen LogP contribution in [0.25, 0.3) is 5.78 Å². The number of hydrogen-bond donors (Lipinski definition) is 1. The highest BCUT2D eigenvalue weighted by atomic mass is 15.4. The standard InChI is InChI=1S/C21H25N5/c1-14-11-19(17-5-2-3-6-17)26-21(23-14)24-20(25-26)22-13-15-9-10-16-7-4-8-18(16)12-15/h9-12,17H,2-8,13H2,1H3,(H,22,25). The van der Waals surface area contributed by atoms with Crippen LogP contribution in [-0.4, -0.2) is 19.6 Å². The molecule has 3 aromatic rings. The van der Waals surface area contributed by atoms with E-state index in [-0.39, 0.29) is 0 Å². The molecule has 134 valence electrons. The molecule has 0 amide bonds. The van der Waals surface area contributed by atoms with Gasteiger partial charge in [-0.25, -0.2) is 4.98 Å². The van der Waals surface area contributed by atoms with E-state index in [9.17, 15) is 0 Å². The molecule has 0 aliphatic heterocycles. The van der Waals surface area contributed by atoms with Crippen LogP contribution >= 0.6 is 0 Å². The zero-order valence-corrected chi connectivity index (χ0v) is 15.3. The van der Waals surface area contributed by atoms with E-state index in [4.69, 9.17) is 5.10 Å². The summed E-state index contributed by atoms with van der Waals surface area (Å²) in [7, 11) is 0. The third-order valence-electron chi connectivity index (χ3n) is 5.85. The first-order valence-electron chi connectivity index (χ1n) is 9.85. The van der Waals surface area contributed by atoms with Gasteiger partial charge < -0.3 is 5.32 Å². The number of anilines is 1. The Balaban J connectivity index is 1.40. The smallest absolute Gasteiger partial charge is 0.254 e. The average molecular weight is 347 g/mol. The quantitative estimate of drug-likeness (QED) is 0.769. The van der Waals surface area contributed by atoms with Crippen molar-refractivity contribution < 1.29 is 0 Å². The van der Waals surface area contributed by atoms with Crippen molar-refractivity contribution >= 4 is 11.7 Å². The average Bonchev–Trinajstić information content (AvgIpc) is 3.38. The summed E-state index contributed by atoms with van der Waals surface area (Å²) in [5.41, 5.74) is 6.61. The largest absolute Gasteiger partial charge is 0.349 e. The maximum absolute atomic E-state index is 4.72. The van der Waals surface area contributed by atoms with E-state index < -0.39 is 0 Å². The van der Waals surface area contributed by atoms with Gasteiger partial charge in [0.2, 0.25) is 5.95 Å². The van der Waals surface area contributed by atoms with Crippen LogP contribution in [0, 0.1) is 6.92 Å². The van der Waals surface area contributed by atoms with Crippen LogP contribution in [0.15, 0.2) is 24.3 Å². The molecule has 0 saturated heterocycles. The monoisotopic (exact) mass is 347 g/mol. The molecule has 1 saturated carbocycles. The number of hydrogen-bond acceptors (Lipinski definition) is 4. The van der Waals surface area contributed by atoms with E-state index in [2.05, 4.69) is 39.6 Å². The van der Waals surface area contributed by atoms with Crippen LogP contribution in [0.5, 0.6) is 0 Å². The first kappa shape index (κ1) is 15.8. The fourth-order valence-corrected chi connectivity index (χ4v) is 4.52. The summed E-state index contributed by atoms with van der Waals surface area (Å²) in [6, 6.07) is 9.01. The van der Waals surface area contributed by atoms with Crippen molar-refractivity contribution in [3.63, 3.8) is 0 Å². The lowest BCUT2D eigenvalue weighted by Crippen LogP contribution is -2.06. The third kappa shape index (κ3) is 2.85. The lowest BCUT2D eigenvalue weighted by Gasteiger charge is -2.11. The molecule has 0 spiro atoms. The predicted octanol–water partition coefficient (Wildman–Crippen LogP) is 4.19. The summed E-state index contributed by atoms with van der Waals surface area (Å²) in [6.07, 6.45) is 8.84. The van der Waals surface area contributed by atoms with Gasteiger partial charge >= 0.3 is 0 Å². The zero-order valence-electron chi connectivity index (χ0n) is 15.3. The van der Waals surface area contributed by atoms with E-state index in [0.29, 0.717) is 17.6 Å². The number of nitrogens with one attached hydrogen (secondary N) is 1. The topological polar surface area (TPSA) is 55.1 Å². The number of fused-ring (bicyclic) bond motifs is 2. The minimum atomic E-state index is 0.588. The summed E-state index contributed by atoms with van der Waals surface area (Å²) >= 11 is 0. The maximum Gasteiger partial charge on any atom is 0.254 e. The van der Waals surface area contributed by atoms with E-state index in [1.54, 1.807) is 0 Å². The van der Waals surface area contributed by atoms with Gasteiger partial charge in [-0.05, 0) is 61.8 Å². The lowest BCUT2D eigenvalue weighted by molar-refractivity contribution is 0.659. The fourth-order valence-electron chi connectivity index (χ4n) is 4.52. The van der Waals surface area contributed by atoms with Crippen molar-refractivity contribution in [2.75, 3.05) is 5.32 Å². The molecule has 2 aliphatic rings. The van der Waals surface area contributed by atoms with Gasteiger partial charge in [-0.1, -0.05) is 31.0 Å². The van der Waals surface area contributed by atoms with Crippen LogP contribution in [-0.2, 0) is 19.4 Å². The Bertz CT molecular complexity index is 952. The molecule has 0 radical (unpaired) electrons. The van der Waals surface area contributed by atoms with Gasteiger partial charge in [-0.2, -0.15) is 9.50 Å². The van der Waals surface area contributed by atoms with E-state index >= 15 is 0 Å². The van der Waals surface area contributed by atoms with Gasteiger partial charge in [-0.15, -0.1) is 5.10 Å². The second-order valence-electron chi connectivity index (χ2n) is 7.76. The van der Waals surface area contributed by atoms with Gasteiger partial charge in [0.1, 0.15) is 0 Å². The summed E-state index contributed by atoms with van der Waals surface area (Å²) in [6.45, 7) is 2.80. The predicted molar refractivity (Wildman–Crippen MR) is 103 cm³/mol. The molecular weight excluding hydrogens is 322 g/mol. The Kier molecular flexibility index (Phi) is 3.88. The van der Waals surface area contributed by atoms with Crippen molar-refractivity contribution in [1.29, 1.82) is 0 Å². The van der Waals surface area contributed by atoms with Crippen LogP contribution in [0.3, 0.4) is 0 Å². The van der Waals surface area contributed by atoms with Crippen LogP contribution < -0.4 is 5.32 Å². The van der Waals surface area contributed by atoms with Crippen LogP contribution in [0.2, 0.25) is 0 Å². The molecule has 26 heavy (non-hydrogen) atoms. The SMILES string of the molecule is Cc1cc(C2CCCC2)n2nc(NCc3ccc4c(c3)CCC4)nc2n1. The molecule has 2 aliphatic carbocycles. The van der Waals surface area contributed by atoms with Crippen molar-refractivity contribution in [1.82, 2.24) is 19.6 Å². The van der Waals surface area contributed by atoms with Gasteiger partial charge in [-0.3, -0.25) is 0 Å². The number of aromatic nitrogens is 4. The minimum Gasteiger partial charge on any atom is -0.349 e. The number of rotatable bonds is 4. The molecule has 1 fully saturated rings. The van der Waals surface area contributed by atoms with Gasteiger partial charge in [0.25, 0.3) is 5.78 Å². The Morgan fingerprint density at radius 1 is 1.04 bits per heavy atom. The Hall–Kier alpha value is -2.43. The van der Waals surface area contributed by atoms with Crippen LogP contribution in [0.4, 0.5) is 5.95 Å². The number of benzene rings is 1. The molecule has 5 nitrogen and oxygen atoms in total. The Morgan fingerprint density at radius 3 is 2.77 bits per heavy atom. The first-order chi connectivity index (χ1) is 12.8. The highest BCUT2D eigenvalue weighted by Gasteiger charge is 2.22. The summed E-state index contributed by atoms with van der Waals surface area (Å²) in [5, 5.41) is 8.11. The van der Waals surface area contributed by atoms with Gasteiger partial charge in [0.15, 0.2) is 0 Å². The summed E-state index contributed by atoms with van der Waals surface area (Å²) in [5.74, 6) is 1.97. The van der Waals surface area contributed by atoms with E-state index in [0.717, 1.165) is 12.2 Å². The van der Waals surface area contributed by atoms with Gasteiger partial charge in [0, 0.05) is 18.2 Å². The lowest BCUT2D eigenvalue weighted by atomic mass is 10.0. The molecular formula is C21H25N5. The van der Waals surface area contributed by atoms with E-state index in [1.165, 1.54) is 67.3 Å². The molecule has 0 unspecified atom stereocenters. The molecule has 2 heterocycles. The first-order valence-corrected chi connectivity index (χ1v) is 9.85. The number of aryl methyl sites for hydroxylation is 3. The molecule has 5 heteroatoms. The Morgan fingerprint density at radius 2 is 1.88 bits per heavy atom. The second kappa shape index (κ2) is 6.38. The maximum atomic E-state index is 4.72. The van der Waals surface area contributed by atoms with Crippen molar-refractivity contribution in [2.24, 2.45) is 0 Å². The minimum absolute atomic E-state index is 0.588. The third-order valence-corrected chi connectivity index (χ3v) is 5.85. The highest BCUT2D eigenvalue weighted by Crippen LogP contribution is 2.34. The van der Waals surface area contributed by atoms with E-state index in [1.807, 2.05) is 11.4 Å². The fraction of sp³-hybridized carbons (Fsp3) is 0.476.